The molecule has 2 heterocycles. The summed E-state index contributed by atoms with van der Waals surface area (Å²) >= 11 is 0. The predicted octanol–water partition coefficient (Wildman–Crippen LogP) is 0.912. The van der Waals surface area contributed by atoms with Gasteiger partial charge in [0.25, 0.3) is 0 Å². The van der Waals surface area contributed by atoms with Crippen LogP contribution < -0.4 is 9.80 Å². The number of aryl methyl sites for hydroxylation is 1. The second-order valence-electron chi connectivity index (χ2n) is 4.49. The van der Waals surface area contributed by atoms with Crippen molar-refractivity contribution in [3.8, 4) is 0 Å². The first-order chi connectivity index (χ1) is 8.56. The third-order valence-electron chi connectivity index (χ3n) is 2.60. The van der Waals surface area contributed by atoms with Gasteiger partial charge in [-0.05, 0) is 6.07 Å². The minimum atomic E-state index is 0.713. The molecule has 0 aromatic carbocycles. The molecular weight excluding hydrogens is 228 g/mol. The van der Waals surface area contributed by atoms with Gasteiger partial charge in [-0.3, -0.25) is 4.68 Å². The monoisotopic (exact) mass is 246 g/mol. The van der Waals surface area contributed by atoms with Crippen molar-refractivity contribution in [3.05, 3.63) is 30.2 Å². The van der Waals surface area contributed by atoms with E-state index in [1.165, 1.54) is 0 Å². The highest BCUT2D eigenvalue weighted by molar-refractivity contribution is 5.42. The molecule has 96 valence electrons. The lowest BCUT2D eigenvalue weighted by atomic mass is 10.3. The summed E-state index contributed by atoms with van der Waals surface area (Å²) in [4.78, 5) is 12.7. The van der Waals surface area contributed by atoms with Crippen LogP contribution in [0.25, 0.3) is 0 Å². The van der Waals surface area contributed by atoms with Crippen LogP contribution in [0.2, 0.25) is 0 Å². The smallest absolute Gasteiger partial charge is 0.226 e. The summed E-state index contributed by atoms with van der Waals surface area (Å²) < 4.78 is 1.80. The molecule has 2 aromatic rings. The highest BCUT2D eigenvalue weighted by Gasteiger charge is 2.07. The van der Waals surface area contributed by atoms with E-state index >= 15 is 0 Å². The summed E-state index contributed by atoms with van der Waals surface area (Å²) in [6, 6.07) is 1.91. The Balaban J connectivity index is 2.13. The average molecular weight is 246 g/mol. The van der Waals surface area contributed by atoms with Gasteiger partial charge >= 0.3 is 0 Å². The van der Waals surface area contributed by atoms with Crippen molar-refractivity contribution in [2.45, 2.75) is 6.54 Å². The molecule has 0 N–H and O–H groups in total. The van der Waals surface area contributed by atoms with Crippen LogP contribution in [0.1, 0.15) is 5.56 Å². The first-order valence-corrected chi connectivity index (χ1v) is 5.75. The average Bonchev–Trinajstić information content (AvgIpc) is 2.75. The first-order valence-electron chi connectivity index (χ1n) is 5.75. The molecule has 0 saturated heterocycles. The zero-order valence-corrected chi connectivity index (χ0v) is 11.2. The van der Waals surface area contributed by atoms with Crippen molar-refractivity contribution < 1.29 is 0 Å². The van der Waals surface area contributed by atoms with Gasteiger partial charge in [-0.15, -0.1) is 0 Å². The van der Waals surface area contributed by atoms with E-state index in [4.69, 9.17) is 0 Å². The molecule has 0 aliphatic rings. The van der Waals surface area contributed by atoms with Gasteiger partial charge in [0, 0.05) is 52.7 Å². The van der Waals surface area contributed by atoms with E-state index in [2.05, 4.69) is 20.0 Å². The zero-order valence-electron chi connectivity index (χ0n) is 11.2. The molecule has 0 unspecified atom stereocenters. The van der Waals surface area contributed by atoms with Crippen molar-refractivity contribution in [2.24, 2.45) is 7.05 Å². The van der Waals surface area contributed by atoms with E-state index in [0.29, 0.717) is 5.95 Å². The lowest BCUT2D eigenvalue weighted by Crippen LogP contribution is -2.20. The Hall–Kier alpha value is -2.11. The fourth-order valence-electron chi connectivity index (χ4n) is 1.68. The largest absolute Gasteiger partial charge is 0.355 e. The van der Waals surface area contributed by atoms with Gasteiger partial charge in [0.15, 0.2) is 0 Å². The van der Waals surface area contributed by atoms with Crippen LogP contribution in [-0.4, -0.2) is 40.9 Å². The van der Waals surface area contributed by atoms with E-state index in [0.717, 1.165) is 17.9 Å². The van der Waals surface area contributed by atoms with Crippen LogP contribution >= 0.6 is 0 Å². The van der Waals surface area contributed by atoms with Crippen molar-refractivity contribution in [1.29, 1.82) is 0 Å². The molecule has 6 heteroatoms. The van der Waals surface area contributed by atoms with Crippen LogP contribution in [0.3, 0.4) is 0 Å². The molecular formula is C12H18N6. The number of nitrogens with zero attached hydrogens (tertiary/aromatic N) is 6. The molecule has 0 saturated carbocycles. The Bertz CT molecular complexity index is 519. The minimum absolute atomic E-state index is 0.713. The van der Waals surface area contributed by atoms with Gasteiger partial charge in [-0.25, -0.2) is 4.98 Å². The summed E-state index contributed by atoms with van der Waals surface area (Å²) in [6.45, 7) is 0.776. The minimum Gasteiger partial charge on any atom is -0.355 e. The Kier molecular flexibility index (Phi) is 3.45. The van der Waals surface area contributed by atoms with Crippen LogP contribution in [0.5, 0.6) is 0 Å². The molecule has 18 heavy (non-hydrogen) atoms. The number of hydrogen-bond donors (Lipinski definition) is 0. The molecule has 0 bridgehead atoms. The van der Waals surface area contributed by atoms with Gasteiger partial charge in [0.1, 0.15) is 5.82 Å². The summed E-state index contributed by atoms with van der Waals surface area (Å²) in [5.74, 6) is 1.61. The topological polar surface area (TPSA) is 50.1 Å². The Morgan fingerprint density at radius 3 is 2.67 bits per heavy atom. The molecule has 6 nitrogen and oxygen atoms in total. The highest BCUT2D eigenvalue weighted by Crippen LogP contribution is 2.14. The van der Waals surface area contributed by atoms with E-state index in [1.807, 2.05) is 51.6 Å². The normalized spacial score (nSPS) is 10.4. The maximum atomic E-state index is 4.49. The summed E-state index contributed by atoms with van der Waals surface area (Å²) in [5.41, 5.74) is 1.16. The fourth-order valence-corrected chi connectivity index (χ4v) is 1.68. The quantitative estimate of drug-likeness (QED) is 0.802. The Labute approximate surface area is 107 Å². The fraction of sp³-hybridized carbons (Fsp3) is 0.417. The molecule has 0 fully saturated rings. The molecule has 0 spiro atoms. The van der Waals surface area contributed by atoms with Gasteiger partial charge < -0.3 is 9.80 Å². The maximum absolute atomic E-state index is 4.49. The van der Waals surface area contributed by atoms with Gasteiger partial charge in [0.05, 0.1) is 6.20 Å². The molecule has 2 rings (SSSR count). The number of rotatable bonds is 4. The number of aromatic nitrogens is 4. The van der Waals surface area contributed by atoms with Crippen LogP contribution in [0.4, 0.5) is 11.8 Å². The van der Waals surface area contributed by atoms with Crippen LogP contribution in [-0.2, 0) is 13.6 Å². The second kappa shape index (κ2) is 5.03. The third-order valence-corrected chi connectivity index (χ3v) is 2.60. The summed E-state index contributed by atoms with van der Waals surface area (Å²) in [5, 5.41) is 4.16. The molecule has 0 radical (unpaired) electrons. The maximum Gasteiger partial charge on any atom is 0.226 e. The SMILES string of the molecule is CN(C)c1nccc(N(C)Cc2cnn(C)c2)n1. The Morgan fingerprint density at radius 1 is 1.28 bits per heavy atom. The standard InChI is InChI=1S/C12H18N6/c1-16(2)12-13-6-5-11(15-12)17(3)8-10-7-14-18(4)9-10/h5-7,9H,8H2,1-4H3. The Morgan fingerprint density at radius 2 is 2.06 bits per heavy atom. The lowest BCUT2D eigenvalue weighted by molar-refractivity contribution is 0.766. The van der Waals surface area contributed by atoms with Crippen LogP contribution in [0.15, 0.2) is 24.7 Å². The van der Waals surface area contributed by atoms with Crippen LogP contribution in [0, 0.1) is 0 Å². The molecule has 0 aliphatic carbocycles. The highest BCUT2D eigenvalue weighted by atomic mass is 15.3. The summed E-state index contributed by atoms with van der Waals surface area (Å²) in [6.07, 6.45) is 5.65. The molecule has 0 aliphatic heterocycles. The van der Waals surface area contributed by atoms with E-state index < -0.39 is 0 Å². The summed E-state index contributed by atoms with van der Waals surface area (Å²) in [7, 11) is 7.79. The van der Waals surface area contributed by atoms with Crippen molar-refractivity contribution >= 4 is 11.8 Å². The zero-order chi connectivity index (χ0) is 13.1. The molecule has 2 aromatic heterocycles. The predicted molar refractivity (Wildman–Crippen MR) is 71.7 cm³/mol. The van der Waals surface area contributed by atoms with Gasteiger partial charge in [-0.2, -0.15) is 10.1 Å². The van der Waals surface area contributed by atoms with Crippen molar-refractivity contribution in [2.75, 3.05) is 30.9 Å². The van der Waals surface area contributed by atoms with E-state index in [-0.39, 0.29) is 0 Å². The van der Waals surface area contributed by atoms with Gasteiger partial charge in [0.2, 0.25) is 5.95 Å². The lowest BCUT2D eigenvalue weighted by Gasteiger charge is -2.19. The van der Waals surface area contributed by atoms with Crippen molar-refractivity contribution in [1.82, 2.24) is 19.7 Å². The van der Waals surface area contributed by atoms with Crippen molar-refractivity contribution in [3.63, 3.8) is 0 Å². The molecule has 0 amide bonds. The first kappa shape index (κ1) is 12.3. The third kappa shape index (κ3) is 2.77. The van der Waals surface area contributed by atoms with Gasteiger partial charge in [-0.1, -0.05) is 0 Å². The van der Waals surface area contributed by atoms with E-state index in [1.54, 1.807) is 10.9 Å². The number of hydrogen-bond acceptors (Lipinski definition) is 5. The molecule has 0 atom stereocenters. The number of anilines is 2. The van der Waals surface area contributed by atoms with E-state index in [9.17, 15) is 0 Å². The second-order valence-corrected chi connectivity index (χ2v) is 4.49.